The second-order valence-electron chi connectivity index (χ2n) is 5.32. The van der Waals surface area contributed by atoms with Crippen LogP contribution in [-0.4, -0.2) is 45.1 Å². The second-order valence-corrected chi connectivity index (χ2v) is 7.26. The standard InChI is InChI=1S/C14H19F3N2O3S.ClH/c15-12-8-11(9-13(16)14(12)17)23(20,21)19-5-2-10(3-6-19)22-7-1-4-18;/h8-10H,1-7,18H2;1H. The third-order valence-corrected chi connectivity index (χ3v) is 5.57. The number of nitrogens with two attached hydrogens (primary N) is 1. The lowest BCUT2D eigenvalue weighted by atomic mass is 10.1. The van der Waals surface area contributed by atoms with Crippen LogP contribution in [0.2, 0.25) is 0 Å². The fraction of sp³-hybridized carbons (Fsp3) is 0.571. The van der Waals surface area contributed by atoms with Gasteiger partial charge in [-0.2, -0.15) is 4.31 Å². The van der Waals surface area contributed by atoms with Crippen LogP contribution in [0.25, 0.3) is 0 Å². The van der Waals surface area contributed by atoms with E-state index in [1.165, 1.54) is 0 Å². The molecule has 1 aliphatic heterocycles. The summed E-state index contributed by atoms with van der Waals surface area (Å²) in [5.74, 6) is -4.73. The number of ether oxygens (including phenoxy) is 1. The molecule has 0 atom stereocenters. The fourth-order valence-electron chi connectivity index (χ4n) is 2.40. The van der Waals surface area contributed by atoms with Crippen molar-refractivity contribution >= 4 is 22.4 Å². The van der Waals surface area contributed by atoms with Crippen LogP contribution in [0, 0.1) is 17.5 Å². The van der Waals surface area contributed by atoms with Gasteiger partial charge in [0, 0.05) is 19.7 Å². The van der Waals surface area contributed by atoms with E-state index in [0.29, 0.717) is 38.1 Å². The minimum absolute atomic E-state index is 0. The van der Waals surface area contributed by atoms with Crippen molar-refractivity contribution in [3.8, 4) is 0 Å². The maximum atomic E-state index is 13.2. The second kappa shape index (κ2) is 9.00. The molecule has 1 aliphatic rings. The molecule has 1 saturated heterocycles. The largest absolute Gasteiger partial charge is 0.378 e. The highest BCUT2D eigenvalue weighted by Gasteiger charge is 2.31. The molecule has 1 fully saturated rings. The third-order valence-electron chi connectivity index (χ3n) is 3.70. The predicted molar refractivity (Wildman–Crippen MR) is 85.0 cm³/mol. The van der Waals surface area contributed by atoms with Gasteiger partial charge in [-0.25, -0.2) is 21.6 Å². The number of rotatable bonds is 6. The number of halogens is 4. The van der Waals surface area contributed by atoms with Gasteiger partial charge in [0.05, 0.1) is 11.0 Å². The Labute approximate surface area is 145 Å². The normalized spacial score (nSPS) is 16.8. The van der Waals surface area contributed by atoms with E-state index in [4.69, 9.17) is 10.5 Å². The minimum atomic E-state index is -4.06. The Kier molecular flexibility index (Phi) is 7.94. The van der Waals surface area contributed by atoms with E-state index < -0.39 is 32.4 Å². The first-order chi connectivity index (χ1) is 10.9. The van der Waals surface area contributed by atoms with Gasteiger partial charge in [-0.05, 0) is 37.9 Å². The van der Waals surface area contributed by atoms with Gasteiger partial charge in [0.2, 0.25) is 10.0 Å². The topological polar surface area (TPSA) is 72.6 Å². The van der Waals surface area contributed by atoms with Crippen molar-refractivity contribution in [1.29, 1.82) is 0 Å². The lowest BCUT2D eigenvalue weighted by molar-refractivity contribution is 0.0209. The fourth-order valence-corrected chi connectivity index (χ4v) is 3.90. The van der Waals surface area contributed by atoms with Crippen molar-refractivity contribution in [2.45, 2.75) is 30.3 Å². The van der Waals surface area contributed by atoms with Crippen molar-refractivity contribution in [3.05, 3.63) is 29.6 Å². The molecule has 2 rings (SSSR count). The van der Waals surface area contributed by atoms with E-state index in [1.807, 2.05) is 0 Å². The summed E-state index contributed by atoms with van der Waals surface area (Å²) in [6.07, 6.45) is 1.63. The predicted octanol–water partition coefficient (Wildman–Crippen LogP) is 2.04. The molecule has 10 heteroatoms. The summed E-state index contributed by atoms with van der Waals surface area (Å²) in [4.78, 5) is -0.587. The van der Waals surface area contributed by atoms with Crippen LogP contribution in [0.3, 0.4) is 0 Å². The SMILES string of the molecule is Cl.NCCCOC1CCN(S(=O)(=O)c2cc(F)c(F)c(F)c2)CC1. The maximum Gasteiger partial charge on any atom is 0.243 e. The lowest BCUT2D eigenvalue weighted by Gasteiger charge is -2.31. The maximum absolute atomic E-state index is 13.2. The molecule has 0 amide bonds. The van der Waals surface area contributed by atoms with E-state index in [1.54, 1.807) is 0 Å². The highest BCUT2D eigenvalue weighted by molar-refractivity contribution is 7.89. The number of hydrogen-bond acceptors (Lipinski definition) is 4. The Morgan fingerprint density at radius 2 is 1.71 bits per heavy atom. The molecule has 138 valence electrons. The van der Waals surface area contributed by atoms with Crippen molar-refractivity contribution in [2.75, 3.05) is 26.2 Å². The molecule has 1 aromatic rings. The van der Waals surface area contributed by atoms with Gasteiger partial charge >= 0.3 is 0 Å². The van der Waals surface area contributed by atoms with Crippen molar-refractivity contribution in [1.82, 2.24) is 4.31 Å². The molecule has 1 aromatic carbocycles. The minimum Gasteiger partial charge on any atom is -0.378 e. The number of benzene rings is 1. The quantitative estimate of drug-likeness (QED) is 0.598. The highest BCUT2D eigenvalue weighted by Crippen LogP contribution is 2.24. The molecule has 24 heavy (non-hydrogen) atoms. The van der Waals surface area contributed by atoms with E-state index in [2.05, 4.69) is 0 Å². The number of piperidine rings is 1. The summed E-state index contributed by atoms with van der Waals surface area (Å²) >= 11 is 0. The van der Waals surface area contributed by atoms with Crippen LogP contribution < -0.4 is 5.73 Å². The van der Waals surface area contributed by atoms with Gasteiger partial charge in [0.1, 0.15) is 0 Å². The first kappa shape index (κ1) is 21.2. The summed E-state index contributed by atoms with van der Waals surface area (Å²) < 4.78 is 70.9. The van der Waals surface area contributed by atoms with Crippen LogP contribution in [0.1, 0.15) is 19.3 Å². The summed E-state index contributed by atoms with van der Waals surface area (Å²) in [7, 11) is -4.06. The zero-order valence-corrected chi connectivity index (χ0v) is 14.5. The molecule has 0 radical (unpaired) electrons. The molecular weight excluding hydrogens is 369 g/mol. The van der Waals surface area contributed by atoms with Crippen LogP contribution in [0.5, 0.6) is 0 Å². The average molecular weight is 389 g/mol. The summed E-state index contributed by atoms with van der Waals surface area (Å²) in [6, 6.07) is 0.995. The highest BCUT2D eigenvalue weighted by atomic mass is 35.5. The monoisotopic (exact) mass is 388 g/mol. The first-order valence-corrected chi connectivity index (χ1v) is 8.76. The smallest absolute Gasteiger partial charge is 0.243 e. The third kappa shape index (κ3) is 4.82. The van der Waals surface area contributed by atoms with Crippen LogP contribution in [0.15, 0.2) is 17.0 Å². The summed E-state index contributed by atoms with van der Waals surface area (Å²) in [5, 5.41) is 0. The van der Waals surface area contributed by atoms with E-state index in [0.717, 1.165) is 10.7 Å². The van der Waals surface area contributed by atoms with Crippen LogP contribution in [-0.2, 0) is 14.8 Å². The van der Waals surface area contributed by atoms with Crippen molar-refractivity contribution in [2.24, 2.45) is 5.73 Å². The van der Waals surface area contributed by atoms with Gasteiger partial charge in [-0.3, -0.25) is 0 Å². The Balaban J connectivity index is 0.00000288. The molecule has 0 spiro atoms. The zero-order chi connectivity index (χ0) is 17.0. The van der Waals surface area contributed by atoms with Crippen molar-refractivity contribution < 1.29 is 26.3 Å². The molecule has 1 heterocycles. The molecule has 0 bridgehead atoms. The molecule has 0 aliphatic carbocycles. The first-order valence-electron chi connectivity index (χ1n) is 7.32. The Bertz CT molecular complexity index is 630. The number of hydrogen-bond donors (Lipinski definition) is 1. The van der Waals surface area contributed by atoms with Gasteiger partial charge in [0.15, 0.2) is 17.5 Å². The van der Waals surface area contributed by atoms with E-state index in [9.17, 15) is 21.6 Å². The molecule has 0 unspecified atom stereocenters. The molecule has 5 nitrogen and oxygen atoms in total. The number of nitrogens with zero attached hydrogens (tertiary/aromatic N) is 1. The Morgan fingerprint density at radius 3 is 2.21 bits per heavy atom. The van der Waals surface area contributed by atoms with Crippen LogP contribution in [0.4, 0.5) is 13.2 Å². The van der Waals surface area contributed by atoms with Gasteiger partial charge in [-0.1, -0.05) is 0 Å². The lowest BCUT2D eigenvalue weighted by Crippen LogP contribution is -2.41. The Hall–Kier alpha value is -0.870. The van der Waals surface area contributed by atoms with E-state index in [-0.39, 0.29) is 31.6 Å². The van der Waals surface area contributed by atoms with E-state index >= 15 is 0 Å². The molecular formula is C14H20ClF3N2O3S. The van der Waals surface area contributed by atoms with Crippen LogP contribution >= 0.6 is 12.4 Å². The summed E-state index contributed by atoms with van der Waals surface area (Å²) in [5.41, 5.74) is 5.37. The molecule has 2 N–H and O–H groups in total. The Morgan fingerprint density at radius 1 is 1.17 bits per heavy atom. The summed E-state index contributed by atoms with van der Waals surface area (Å²) in [6.45, 7) is 1.39. The number of sulfonamides is 1. The zero-order valence-electron chi connectivity index (χ0n) is 12.9. The average Bonchev–Trinajstić information content (AvgIpc) is 2.53. The van der Waals surface area contributed by atoms with Gasteiger partial charge in [0.25, 0.3) is 0 Å². The van der Waals surface area contributed by atoms with Gasteiger partial charge < -0.3 is 10.5 Å². The molecule has 0 aromatic heterocycles. The molecule has 0 saturated carbocycles. The van der Waals surface area contributed by atoms with Gasteiger partial charge in [-0.15, -0.1) is 12.4 Å². The van der Waals surface area contributed by atoms with Crippen molar-refractivity contribution in [3.63, 3.8) is 0 Å².